The van der Waals surface area contributed by atoms with Gasteiger partial charge in [-0.2, -0.15) is 0 Å². The summed E-state index contributed by atoms with van der Waals surface area (Å²) in [7, 11) is 0. The van der Waals surface area contributed by atoms with Gasteiger partial charge >= 0.3 is 0 Å². The maximum absolute atomic E-state index is 10.2. The Morgan fingerprint density at radius 3 is 2.19 bits per heavy atom. The zero-order valence-electron chi connectivity index (χ0n) is 10.7. The third kappa shape index (κ3) is 2.63. The molecule has 0 aliphatic heterocycles. The van der Waals surface area contributed by atoms with Crippen LogP contribution >= 0.6 is 0 Å². The number of nitrogens with two attached hydrogens (primary N) is 1. The molecule has 0 aliphatic carbocycles. The molecule has 0 aliphatic rings. The van der Waals surface area contributed by atoms with E-state index in [1.807, 2.05) is 39.0 Å². The van der Waals surface area contributed by atoms with Gasteiger partial charge in [0.15, 0.2) is 0 Å². The Balaban J connectivity index is 3.00. The Bertz CT molecular complexity index is 328. The SMILES string of the molecule is CCC(C)[C@H](O)[C@H](N)c1c(C)cccc1C. The van der Waals surface area contributed by atoms with Crippen molar-refractivity contribution in [2.45, 2.75) is 46.3 Å². The summed E-state index contributed by atoms with van der Waals surface area (Å²) < 4.78 is 0. The van der Waals surface area contributed by atoms with Crippen LogP contribution in [0.5, 0.6) is 0 Å². The van der Waals surface area contributed by atoms with Crippen molar-refractivity contribution in [1.29, 1.82) is 0 Å². The Labute approximate surface area is 98.5 Å². The second kappa shape index (κ2) is 5.46. The van der Waals surface area contributed by atoms with Gasteiger partial charge in [-0.15, -0.1) is 0 Å². The molecule has 0 fully saturated rings. The lowest BCUT2D eigenvalue weighted by Crippen LogP contribution is -2.32. The Morgan fingerprint density at radius 2 is 1.75 bits per heavy atom. The second-order valence-corrected chi connectivity index (χ2v) is 4.71. The molecule has 0 heterocycles. The van der Waals surface area contributed by atoms with Gasteiger partial charge in [0, 0.05) is 0 Å². The van der Waals surface area contributed by atoms with Gasteiger partial charge in [-0.3, -0.25) is 0 Å². The van der Waals surface area contributed by atoms with Gasteiger partial charge in [0.2, 0.25) is 0 Å². The fourth-order valence-electron chi connectivity index (χ4n) is 2.12. The number of aliphatic hydroxyl groups excluding tert-OH is 1. The highest BCUT2D eigenvalue weighted by atomic mass is 16.3. The van der Waals surface area contributed by atoms with Crippen LogP contribution in [0.1, 0.15) is 43.0 Å². The molecule has 0 bridgehead atoms. The molecule has 90 valence electrons. The van der Waals surface area contributed by atoms with E-state index in [-0.39, 0.29) is 12.0 Å². The van der Waals surface area contributed by atoms with Crippen LogP contribution in [0, 0.1) is 19.8 Å². The number of hydrogen-bond donors (Lipinski definition) is 2. The van der Waals surface area contributed by atoms with Gasteiger partial charge in [-0.1, -0.05) is 38.5 Å². The van der Waals surface area contributed by atoms with Gasteiger partial charge in [-0.25, -0.2) is 0 Å². The summed E-state index contributed by atoms with van der Waals surface area (Å²) in [5.74, 6) is 0.231. The van der Waals surface area contributed by atoms with Crippen LogP contribution in [0.15, 0.2) is 18.2 Å². The normalized spacial score (nSPS) is 16.9. The van der Waals surface area contributed by atoms with E-state index in [1.165, 1.54) is 0 Å². The molecule has 1 aromatic rings. The van der Waals surface area contributed by atoms with E-state index < -0.39 is 6.10 Å². The average molecular weight is 221 g/mol. The van der Waals surface area contributed by atoms with Crippen molar-refractivity contribution in [1.82, 2.24) is 0 Å². The predicted molar refractivity (Wildman–Crippen MR) is 68.3 cm³/mol. The lowest BCUT2D eigenvalue weighted by molar-refractivity contribution is 0.0876. The zero-order chi connectivity index (χ0) is 12.3. The molecule has 2 nitrogen and oxygen atoms in total. The lowest BCUT2D eigenvalue weighted by atomic mass is 9.87. The fraction of sp³-hybridized carbons (Fsp3) is 0.571. The monoisotopic (exact) mass is 221 g/mol. The standard InChI is InChI=1S/C14H23NO/c1-5-9(2)14(16)13(15)12-10(3)7-6-8-11(12)4/h6-9,13-14,16H,5,15H2,1-4H3/t9?,13-,14+/m1/s1. The zero-order valence-corrected chi connectivity index (χ0v) is 10.7. The quantitative estimate of drug-likeness (QED) is 0.821. The molecule has 3 N–H and O–H groups in total. The lowest BCUT2D eigenvalue weighted by Gasteiger charge is -2.26. The molecular formula is C14H23NO. The van der Waals surface area contributed by atoms with E-state index >= 15 is 0 Å². The van der Waals surface area contributed by atoms with E-state index in [2.05, 4.69) is 6.92 Å². The van der Waals surface area contributed by atoms with Gasteiger partial charge in [0.05, 0.1) is 12.1 Å². The van der Waals surface area contributed by atoms with Crippen molar-refractivity contribution in [2.24, 2.45) is 11.7 Å². The molecule has 0 radical (unpaired) electrons. The largest absolute Gasteiger partial charge is 0.391 e. The van der Waals surface area contributed by atoms with Crippen molar-refractivity contribution in [2.75, 3.05) is 0 Å². The molecule has 0 spiro atoms. The van der Waals surface area contributed by atoms with Gasteiger partial charge in [0.1, 0.15) is 0 Å². The van der Waals surface area contributed by atoms with Crippen molar-refractivity contribution in [3.05, 3.63) is 34.9 Å². The summed E-state index contributed by atoms with van der Waals surface area (Å²) in [6, 6.07) is 5.84. The highest BCUT2D eigenvalue weighted by molar-refractivity contribution is 5.36. The van der Waals surface area contributed by atoms with Crippen LogP contribution in [0.3, 0.4) is 0 Å². The van der Waals surface area contributed by atoms with Gasteiger partial charge < -0.3 is 10.8 Å². The first-order valence-corrected chi connectivity index (χ1v) is 5.98. The van der Waals surface area contributed by atoms with Crippen LogP contribution < -0.4 is 5.73 Å². The molecule has 0 aromatic heterocycles. The van der Waals surface area contributed by atoms with Crippen LogP contribution in [0.2, 0.25) is 0 Å². The summed E-state index contributed by atoms with van der Waals surface area (Å²) in [5, 5.41) is 10.2. The van der Waals surface area contributed by atoms with E-state index in [1.54, 1.807) is 0 Å². The van der Waals surface area contributed by atoms with E-state index in [0.717, 1.165) is 23.1 Å². The minimum Gasteiger partial charge on any atom is -0.391 e. The third-order valence-corrected chi connectivity index (χ3v) is 3.47. The van der Waals surface area contributed by atoms with Crippen LogP contribution in [-0.2, 0) is 0 Å². The topological polar surface area (TPSA) is 46.2 Å². The molecule has 0 saturated heterocycles. The summed E-state index contributed by atoms with van der Waals surface area (Å²) in [6.07, 6.45) is 0.476. The van der Waals surface area contributed by atoms with Crippen LogP contribution in [0.4, 0.5) is 0 Å². The van der Waals surface area contributed by atoms with Gasteiger partial charge in [-0.05, 0) is 36.5 Å². The predicted octanol–water partition coefficient (Wildman–Crippen LogP) is 2.71. The van der Waals surface area contributed by atoms with Crippen molar-refractivity contribution in [3.63, 3.8) is 0 Å². The minimum absolute atomic E-state index is 0.231. The number of aryl methyl sites for hydroxylation is 2. The van der Waals surface area contributed by atoms with Crippen LogP contribution in [-0.4, -0.2) is 11.2 Å². The first kappa shape index (κ1) is 13.2. The molecule has 1 unspecified atom stereocenters. The molecule has 16 heavy (non-hydrogen) atoms. The molecule has 1 aromatic carbocycles. The first-order valence-electron chi connectivity index (χ1n) is 5.98. The number of rotatable bonds is 4. The first-order chi connectivity index (χ1) is 7.49. The van der Waals surface area contributed by atoms with E-state index in [4.69, 9.17) is 5.73 Å². The van der Waals surface area contributed by atoms with Crippen LogP contribution in [0.25, 0.3) is 0 Å². The summed E-state index contributed by atoms with van der Waals surface area (Å²) in [6.45, 7) is 8.21. The molecule has 0 amide bonds. The maximum Gasteiger partial charge on any atom is 0.0758 e. The number of aliphatic hydroxyl groups is 1. The third-order valence-electron chi connectivity index (χ3n) is 3.47. The fourth-order valence-corrected chi connectivity index (χ4v) is 2.12. The molecule has 3 atom stereocenters. The Kier molecular flexibility index (Phi) is 4.51. The molecule has 0 saturated carbocycles. The summed E-state index contributed by atoms with van der Waals surface area (Å²) >= 11 is 0. The summed E-state index contributed by atoms with van der Waals surface area (Å²) in [5.41, 5.74) is 9.58. The minimum atomic E-state index is -0.468. The number of benzene rings is 1. The summed E-state index contributed by atoms with van der Waals surface area (Å²) in [4.78, 5) is 0. The van der Waals surface area contributed by atoms with Crippen molar-refractivity contribution < 1.29 is 5.11 Å². The average Bonchev–Trinajstić information content (AvgIpc) is 2.26. The second-order valence-electron chi connectivity index (χ2n) is 4.71. The van der Waals surface area contributed by atoms with Crippen molar-refractivity contribution >= 4 is 0 Å². The van der Waals surface area contributed by atoms with E-state index in [9.17, 15) is 5.11 Å². The maximum atomic E-state index is 10.2. The van der Waals surface area contributed by atoms with Crippen molar-refractivity contribution in [3.8, 4) is 0 Å². The highest BCUT2D eigenvalue weighted by Gasteiger charge is 2.24. The molecule has 1 rings (SSSR count). The number of hydrogen-bond acceptors (Lipinski definition) is 2. The highest BCUT2D eigenvalue weighted by Crippen LogP contribution is 2.26. The smallest absolute Gasteiger partial charge is 0.0758 e. The van der Waals surface area contributed by atoms with E-state index in [0.29, 0.717) is 0 Å². The molecular weight excluding hydrogens is 198 g/mol. The Hall–Kier alpha value is -0.860. The molecule has 2 heteroatoms. The van der Waals surface area contributed by atoms with Gasteiger partial charge in [0.25, 0.3) is 0 Å². The Morgan fingerprint density at radius 1 is 1.25 bits per heavy atom.